The highest BCUT2D eigenvalue weighted by Gasteiger charge is 2.27. The monoisotopic (exact) mass is 445 g/mol. The van der Waals surface area contributed by atoms with Crippen molar-refractivity contribution in [2.45, 2.75) is 25.3 Å². The zero-order chi connectivity index (χ0) is 22.1. The fourth-order valence-electron chi connectivity index (χ4n) is 4.14. The normalized spacial score (nSPS) is 17.9. The molecule has 2 aliphatic heterocycles. The Balaban J connectivity index is 1.65. The van der Waals surface area contributed by atoms with Gasteiger partial charge in [-0.3, -0.25) is 4.57 Å². The molecule has 0 spiro atoms. The zero-order valence-corrected chi connectivity index (χ0v) is 17.8. The van der Waals surface area contributed by atoms with Crippen molar-refractivity contribution in [1.82, 2.24) is 24.5 Å². The van der Waals surface area contributed by atoms with Crippen LogP contribution in [0.1, 0.15) is 25.1 Å². The lowest BCUT2D eigenvalue weighted by atomic mass is 10.1. The number of halogens is 2. The summed E-state index contributed by atoms with van der Waals surface area (Å²) in [7, 11) is 1.93. The van der Waals surface area contributed by atoms with Crippen molar-refractivity contribution in [1.29, 1.82) is 0 Å². The summed E-state index contributed by atoms with van der Waals surface area (Å²) < 4.78 is 40.2. The third kappa shape index (κ3) is 3.97. The van der Waals surface area contributed by atoms with Crippen molar-refractivity contribution in [3.63, 3.8) is 0 Å². The van der Waals surface area contributed by atoms with Gasteiger partial charge in [0.1, 0.15) is 0 Å². The topological polar surface area (TPSA) is 81.4 Å². The van der Waals surface area contributed by atoms with Crippen molar-refractivity contribution in [2.75, 3.05) is 56.4 Å². The van der Waals surface area contributed by atoms with Gasteiger partial charge in [0.25, 0.3) is 6.43 Å². The summed E-state index contributed by atoms with van der Waals surface area (Å²) in [5, 5.41) is 0. The Labute approximate surface area is 184 Å². The van der Waals surface area contributed by atoms with E-state index in [1.807, 2.05) is 16.8 Å². The lowest BCUT2D eigenvalue weighted by Crippen LogP contribution is -2.40. The molecule has 2 saturated heterocycles. The van der Waals surface area contributed by atoms with E-state index in [4.69, 9.17) is 14.5 Å². The first-order chi connectivity index (χ1) is 15.6. The average molecular weight is 445 g/mol. The second-order valence-electron chi connectivity index (χ2n) is 7.88. The summed E-state index contributed by atoms with van der Waals surface area (Å²) >= 11 is 0. The molecule has 0 saturated carbocycles. The Morgan fingerprint density at radius 1 is 0.938 bits per heavy atom. The summed E-state index contributed by atoms with van der Waals surface area (Å²) in [4.78, 5) is 22.1. The van der Waals surface area contributed by atoms with E-state index in [0.717, 1.165) is 12.8 Å². The first-order valence-electron chi connectivity index (χ1n) is 10.8. The maximum absolute atomic E-state index is 14.0. The number of benzene rings is 1. The molecule has 0 aliphatic carbocycles. The molecule has 0 atom stereocenters. The molecule has 2 fully saturated rings. The number of anilines is 2. The maximum atomic E-state index is 14.0. The van der Waals surface area contributed by atoms with Crippen LogP contribution >= 0.6 is 0 Å². The number of ether oxygens (including phenoxy) is 2. The number of rotatable bonds is 5. The minimum Gasteiger partial charge on any atom is -0.381 e. The fourth-order valence-corrected chi connectivity index (χ4v) is 4.14. The van der Waals surface area contributed by atoms with Crippen LogP contribution in [0, 0.1) is 0 Å². The minimum atomic E-state index is -2.78. The van der Waals surface area contributed by atoms with Gasteiger partial charge in [-0.15, -0.1) is 0 Å². The first-order valence-corrected chi connectivity index (χ1v) is 10.8. The summed E-state index contributed by atoms with van der Waals surface area (Å²) in [6, 6.07) is 7.21. The highest BCUT2D eigenvalue weighted by Crippen LogP contribution is 2.28. The summed E-state index contributed by atoms with van der Waals surface area (Å²) in [6.07, 6.45) is -1.08. The van der Waals surface area contributed by atoms with E-state index in [-0.39, 0.29) is 17.8 Å². The third-order valence-corrected chi connectivity index (χ3v) is 5.93. The molecule has 0 bridgehead atoms. The highest BCUT2D eigenvalue weighted by atomic mass is 19.3. The summed E-state index contributed by atoms with van der Waals surface area (Å²) in [6.45, 7) is 3.70. The van der Waals surface area contributed by atoms with Crippen LogP contribution in [0.4, 0.5) is 20.7 Å². The van der Waals surface area contributed by atoms with Gasteiger partial charge >= 0.3 is 0 Å². The van der Waals surface area contributed by atoms with E-state index in [1.54, 1.807) is 24.3 Å². The predicted octanol–water partition coefficient (Wildman–Crippen LogP) is 2.60. The number of hydrogen-bond donors (Lipinski definition) is 0. The molecule has 1 aromatic carbocycles. The molecule has 0 amide bonds. The molecular weight excluding hydrogens is 420 g/mol. The Morgan fingerprint density at radius 3 is 2.38 bits per heavy atom. The zero-order valence-electron chi connectivity index (χ0n) is 17.8. The van der Waals surface area contributed by atoms with Gasteiger partial charge in [0.2, 0.25) is 17.8 Å². The molecule has 9 nitrogen and oxygen atoms in total. The third-order valence-electron chi connectivity index (χ3n) is 5.93. The summed E-state index contributed by atoms with van der Waals surface area (Å²) in [5.74, 6) is 0.649. The SMILES string of the molecule is CN(c1nc(N2CCOCC2)nc(-n2c(C(F)F)nc3ccccc32)n1)C1CCOCC1. The van der Waals surface area contributed by atoms with Gasteiger partial charge in [-0.05, 0) is 25.0 Å². The van der Waals surface area contributed by atoms with Crippen molar-refractivity contribution in [3.05, 3.63) is 30.1 Å². The lowest BCUT2D eigenvalue weighted by molar-refractivity contribution is 0.0852. The van der Waals surface area contributed by atoms with Gasteiger partial charge in [0.05, 0.1) is 24.2 Å². The second-order valence-corrected chi connectivity index (χ2v) is 7.88. The Bertz CT molecular complexity index is 1080. The van der Waals surface area contributed by atoms with E-state index in [2.05, 4.69) is 15.0 Å². The summed E-state index contributed by atoms with van der Waals surface area (Å²) in [5.41, 5.74) is 0.997. The number of para-hydroxylation sites is 2. The smallest absolute Gasteiger partial charge is 0.296 e. The number of nitrogens with zero attached hydrogens (tertiary/aromatic N) is 7. The molecule has 0 radical (unpaired) electrons. The molecule has 2 aliphatic rings. The van der Waals surface area contributed by atoms with Crippen molar-refractivity contribution >= 4 is 22.9 Å². The van der Waals surface area contributed by atoms with Gasteiger partial charge in [-0.1, -0.05) is 12.1 Å². The van der Waals surface area contributed by atoms with Gasteiger partial charge in [0.15, 0.2) is 5.82 Å². The molecule has 3 aromatic rings. The molecule has 4 heterocycles. The van der Waals surface area contributed by atoms with E-state index < -0.39 is 6.43 Å². The van der Waals surface area contributed by atoms with Gasteiger partial charge < -0.3 is 19.3 Å². The van der Waals surface area contributed by atoms with Gasteiger partial charge in [0, 0.05) is 39.4 Å². The Hall–Kier alpha value is -2.92. The average Bonchev–Trinajstić information content (AvgIpc) is 3.24. The van der Waals surface area contributed by atoms with Crippen molar-refractivity contribution < 1.29 is 18.3 Å². The molecule has 170 valence electrons. The maximum Gasteiger partial charge on any atom is 0.296 e. The number of hydrogen-bond acceptors (Lipinski definition) is 8. The van der Waals surface area contributed by atoms with E-state index >= 15 is 0 Å². The lowest BCUT2D eigenvalue weighted by Gasteiger charge is -2.32. The molecule has 32 heavy (non-hydrogen) atoms. The van der Waals surface area contributed by atoms with E-state index in [0.29, 0.717) is 62.4 Å². The molecule has 0 unspecified atom stereocenters. The number of aromatic nitrogens is 5. The van der Waals surface area contributed by atoms with Crippen LogP contribution in [0.3, 0.4) is 0 Å². The number of fused-ring (bicyclic) bond motifs is 1. The molecular formula is C21H25F2N7O2. The largest absolute Gasteiger partial charge is 0.381 e. The second kappa shape index (κ2) is 8.91. The molecule has 0 N–H and O–H groups in total. The number of imidazole rings is 1. The van der Waals surface area contributed by atoms with Crippen molar-refractivity contribution in [3.8, 4) is 5.95 Å². The predicted molar refractivity (Wildman–Crippen MR) is 115 cm³/mol. The van der Waals surface area contributed by atoms with E-state index in [1.165, 1.54) is 4.57 Å². The van der Waals surface area contributed by atoms with Crippen LogP contribution in [-0.2, 0) is 9.47 Å². The van der Waals surface area contributed by atoms with Crippen LogP contribution in [0.25, 0.3) is 17.0 Å². The van der Waals surface area contributed by atoms with Gasteiger partial charge in [-0.2, -0.15) is 15.0 Å². The van der Waals surface area contributed by atoms with Crippen LogP contribution in [0.2, 0.25) is 0 Å². The standard InChI is InChI=1S/C21H25F2N7O2/c1-28(14-6-10-31-11-7-14)19-25-20(29-8-12-32-13-9-29)27-21(26-19)30-16-5-3-2-4-15(16)24-18(30)17(22)23/h2-5,14,17H,6-13H2,1H3. The Kier molecular flexibility index (Phi) is 5.83. The molecule has 11 heteroatoms. The fraction of sp³-hybridized carbons (Fsp3) is 0.524. The van der Waals surface area contributed by atoms with Crippen LogP contribution in [0.15, 0.2) is 24.3 Å². The highest BCUT2D eigenvalue weighted by molar-refractivity contribution is 5.77. The first kappa shape index (κ1) is 21.0. The van der Waals surface area contributed by atoms with Crippen LogP contribution in [0.5, 0.6) is 0 Å². The minimum absolute atomic E-state index is 0.138. The number of alkyl halides is 2. The van der Waals surface area contributed by atoms with Gasteiger partial charge in [-0.25, -0.2) is 13.8 Å². The Morgan fingerprint density at radius 2 is 1.62 bits per heavy atom. The van der Waals surface area contributed by atoms with Crippen LogP contribution < -0.4 is 9.80 Å². The quantitative estimate of drug-likeness (QED) is 0.593. The van der Waals surface area contributed by atoms with Crippen LogP contribution in [-0.4, -0.2) is 77.1 Å². The number of morpholine rings is 1. The molecule has 5 rings (SSSR count). The van der Waals surface area contributed by atoms with Crippen molar-refractivity contribution in [2.24, 2.45) is 0 Å². The van der Waals surface area contributed by atoms with E-state index in [9.17, 15) is 8.78 Å². The molecule has 2 aromatic heterocycles.